The van der Waals surface area contributed by atoms with Crippen molar-refractivity contribution in [3.05, 3.63) is 0 Å². The maximum Gasteiger partial charge on any atom is 1.00 e. The third-order valence-corrected chi connectivity index (χ3v) is 0. The predicted octanol–water partition coefficient (Wildman–Crippen LogP) is -23.1. The summed E-state index contributed by atoms with van der Waals surface area (Å²) < 4.78 is 0. The molecule has 0 aromatic heterocycles. The topological polar surface area (TPSA) is 0 Å². The van der Waals surface area contributed by atoms with Crippen LogP contribution in [0.5, 0.6) is 0 Å². The molecule has 0 aromatic carbocycles. The molecule has 0 rings (SSSR count). The Kier molecular flexibility index (Phi) is 269. The van der Waals surface area contributed by atoms with Crippen molar-refractivity contribution in [3.63, 3.8) is 0 Å². The Morgan fingerprint density at radius 2 is 0.375 bits per heavy atom. The van der Waals surface area contributed by atoms with Crippen LogP contribution in [0.1, 0.15) is 11.4 Å². The molecule has 0 N–H and O–H groups in total. The third kappa shape index (κ3) is 36.1. The molecular weight excluding hydrogens is 281 g/mol. The Morgan fingerprint density at radius 1 is 0.375 bits per heavy atom. The average molecular weight is 289 g/mol. The van der Waals surface area contributed by atoms with Gasteiger partial charge in [0.05, 0.1) is 0 Å². The van der Waals surface area contributed by atoms with E-state index in [1.54, 1.807) is 0 Å². The first-order valence-corrected chi connectivity index (χ1v) is 0. The molecule has 0 saturated heterocycles. The molecule has 0 aromatic rings. The predicted molar refractivity (Wildman–Crippen MR) is 8.90 cm³/mol. The summed E-state index contributed by atoms with van der Waals surface area (Å²) >= 11 is 0. The van der Waals surface area contributed by atoms with Crippen LogP contribution in [0.15, 0.2) is 0 Å². The Morgan fingerprint density at radius 3 is 0.375 bits per heavy atom. The molecule has 0 aliphatic rings. The Labute approximate surface area is 364 Å². The van der Waals surface area contributed by atoms with E-state index < -0.39 is 0 Å². The largest absolute Gasteiger partial charge is 1.00 e. The van der Waals surface area contributed by atoms with Crippen LogP contribution in [0.25, 0.3) is 0 Å². The molecule has 16 valence electrons. The third-order valence-electron chi connectivity index (χ3n) is 0. The molecular formula is H8K6Na2. The fourth-order valence-electron chi connectivity index (χ4n) is 0. The van der Waals surface area contributed by atoms with Crippen LogP contribution in [0, 0.1) is 0 Å². The number of hydrogen-bond acceptors (Lipinski definition) is 0. The smallest absolute Gasteiger partial charge is 1.00 e. The zero-order chi connectivity index (χ0) is 0. The van der Waals surface area contributed by atoms with Gasteiger partial charge in [-0.3, -0.25) is 0 Å². The van der Waals surface area contributed by atoms with Crippen molar-refractivity contribution in [2.24, 2.45) is 0 Å². The summed E-state index contributed by atoms with van der Waals surface area (Å²) in [6, 6.07) is 0. The molecule has 0 bridgehead atoms. The van der Waals surface area contributed by atoms with Crippen LogP contribution in [-0.2, 0) is 0 Å². The van der Waals surface area contributed by atoms with Gasteiger partial charge in [-0.25, -0.2) is 0 Å². The molecule has 0 atom stereocenters. The second kappa shape index (κ2) is 42.8. The first-order valence-electron chi connectivity index (χ1n) is 0. The van der Waals surface area contributed by atoms with Gasteiger partial charge in [-0.1, -0.05) is 0 Å². The zero-order valence-electron chi connectivity index (χ0n) is 16.0. The fourth-order valence-corrected chi connectivity index (χ4v) is 0. The Bertz CT molecular complexity index is 22.5. The van der Waals surface area contributed by atoms with E-state index in [1.807, 2.05) is 0 Å². The molecule has 0 unspecified atom stereocenters. The van der Waals surface area contributed by atoms with Crippen LogP contribution >= 0.6 is 0 Å². The van der Waals surface area contributed by atoms with Gasteiger partial charge in [-0.05, 0) is 0 Å². The van der Waals surface area contributed by atoms with Gasteiger partial charge in [0.25, 0.3) is 0 Å². The fraction of sp³-hybridized carbons (Fsp3) is 0. The molecule has 0 heterocycles. The van der Waals surface area contributed by atoms with Crippen molar-refractivity contribution in [3.8, 4) is 0 Å². The van der Waals surface area contributed by atoms with Crippen molar-refractivity contribution in [2.75, 3.05) is 0 Å². The van der Waals surface area contributed by atoms with Gasteiger partial charge in [-0.15, -0.1) is 0 Å². The number of rotatable bonds is 0. The monoisotopic (exact) mass is 288 g/mol. The minimum Gasteiger partial charge on any atom is -1.00 e. The van der Waals surface area contributed by atoms with Gasteiger partial charge in [0.2, 0.25) is 0 Å². The van der Waals surface area contributed by atoms with Gasteiger partial charge in [0.1, 0.15) is 0 Å². The molecule has 0 nitrogen and oxygen atoms in total. The summed E-state index contributed by atoms with van der Waals surface area (Å²) in [4.78, 5) is 0. The van der Waals surface area contributed by atoms with E-state index in [2.05, 4.69) is 0 Å². The SMILES string of the molecule is [H-].[H-].[H-].[H-].[H-].[H-].[H-].[H-].[K+].[K+].[K+].[K+].[K+].[K+].[Na+].[Na+]. The molecule has 0 amide bonds. The quantitative estimate of drug-likeness (QED) is 0.389. The zero-order valence-corrected chi connectivity index (χ0v) is 30.7. The van der Waals surface area contributed by atoms with E-state index >= 15 is 0 Å². The van der Waals surface area contributed by atoms with E-state index in [-0.39, 0.29) is 379 Å². The van der Waals surface area contributed by atoms with Gasteiger partial charge < -0.3 is 11.4 Å². The minimum absolute atomic E-state index is 0. The van der Waals surface area contributed by atoms with Crippen molar-refractivity contribution in [1.82, 2.24) is 0 Å². The van der Waals surface area contributed by atoms with E-state index in [0.29, 0.717) is 0 Å². The van der Waals surface area contributed by atoms with E-state index in [1.165, 1.54) is 0 Å². The second-order valence-electron chi connectivity index (χ2n) is 0. The molecule has 0 aliphatic heterocycles. The first-order chi connectivity index (χ1) is 0. The number of hydrogen-bond donors (Lipinski definition) is 0. The Balaban J connectivity index is 0. The molecule has 0 aliphatic carbocycles. The van der Waals surface area contributed by atoms with Gasteiger partial charge in [0.15, 0.2) is 0 Å². The minimum atomic E-state index is 0. The normalized spacial score (nSPS) is 0. The summed E-state index contributed by atoms with van der Waals surface area (Å²) in [6.07, 6.45) is 0. The molecule has 0 radical (unpaired) electrons. The average Bonchev–Trinajstić information content (AvgIpc) is 0. The summed E-state index contributed by atoms with van der Waals surface area (Å²) in [6.45, 7) is 0. The molecule has 8 heteroatoms. The standard InChI is InChI=1S/6K.2Na.8H/q8*+1;8*-1. The van der Waals surface area contributed by atoms with Crippen LogP contribution in [0.3, 0.4) is 0 Å². The van der Waals surface area contributed by atoms with E-state index in [0.717, 1.165) is 0 Å². The first kappa shape index (κ1) is 50.2. The van der Waals surface area contributed by atoms with Crippen molar-refractivity contribution in [1.29, 1.82) is 0 Å². The molecule has 0 saturated carbocycles. The van der Waals surface area contributed by atoms with Crippen LogP contribution in [0.2, 0.25) is 0 Å². The van der Waals surface area contributed by atoms with Crippen LogP contribution in [-0.4, -0.2) is 0 Å². The maximum atomic E-state index is 0. The van der Waals surface area contributed by atoms with E-state index in [9.17, 15) is 0 Å². The summed E-state index contributed by atoms with van der Waals surface area (Å²) in [5.41, 5.74) is 0. The molecule has 8 heavy (non-hydrogen) atoms. The van der Waals surface area contributed by atoms with Crippen LogP contribution in [0.4, 0.5) is 0 Å². The summed E-state index contributed by atoms with van der Waals surface area (Å²) in [5, 5.41) is 0. The van der Waals surface area contributed by atoms with Gasteiger partial charge in [0, 0.05) is 0 Å². The van der Waals surface area contributed by atoms with Gasteiger partial charge >= 0.3 is 367 Å². The van der Waals surface area contributed by atoms with Gasteiger partial charge in [-0.2, -0.15) is 0 Å². The molecule has 0 fully saturated rings. The van der Waals surface area contributed by atoms with E-state index in [4.69, 9.17) is 0 Å². The summed E-state index contributed by atoms with van der Waals surface area (Å²) in [5.74, 6) is 0. The van der Waals surface area contributed by atoms with Crippen molar-refractivity contribution in [2.45, 2.75) is 0 Å². The molecule has 0 spiro atoms. The summed E-state index contributed by atoms with van der Waals surface area (Å²) in [7, 11) is 0. The van der Waals surface area contributed by atoms with Crippen molar-refractivity contribution < 1.29 is 379 Å². The van der Waals surface area contributed by atoms with Crippen LogP contribution < -0.4 is 367 Å². The van der Waals surface area contributed by atoms with Crippen molar-refractivity contribution >= 4 is 0 Å². The maximum absolute atomic E-state index is 0. The Hall–Kier alpha value is 11.8. The second-order valence-corrected chi connectivity index (χ2v) is 0.